The van der Waals surface area contributed by atoms with Gasteiger partial charge >= 0.3 is 0 Å². The Morgan fingerprint density at radius 1 is 1.50 bits per heavy atom. The smallest absolute Gasteiger partial charge is 0.254 e. The molecule has 1 rings (SSSR count). The van der Waals surface area contributed by atoms with E-state index in [-0.39, 0.29) is 12.7 Å². The van der Waals surface area contributed by atoms with Gasteiger partial charge in [-0.3, -0.25) is 4.84 Å². The number of nitrogens with two attached hydrogens (primary N) is 1. The van der Waals surface area contributed by atoms with Gasteiger partial charge in [-0.15, -0.1) is 0 Å². The van der Waals surface area contributed by atoms with Crippen molar-refractivity contribution in [3.8, 4) is 0 Å². The largest absolute Gasteiger partial charge is 0.370 e. The molecule has 0 fully saturated rings. The summed E-state index contributed by atoms with van der Waals surface area (Å²) in [6, 6.07) is 0. The first-order valence-electron chi connectivity index (χ1n) is 4.57. The van der Waals surface area contributed by atoms with Crippen LogP contribution in [0.3, 0.4) is 0 Å². The molecule has 0 spiro atoms. The third-order valence-electron chi connectivity index (χ3n) is 1.72. The first kappa shape index (κ1) is 11.1. The fourth-order valence-electron chi connectivity index (χ4n) is 1.10. The molecule has 6 nitrogen and oxygen atoms in total. The van der Waals surface area contributed by atoms with E-state index in [9.17, 15) is 0 Å². The number of hydrogen-bond donors (Lipinski definition) is 1. The third kappa shape index (κ3) is 2.76. The Balaban J connectivity index is 2.63. The molecule has 0 aliphatic rings. The summed E-state index contributed by atoms with van der Waals surface area (Å²) in [5.41, 5.74) is 0. The second-order valence-electron chi connectivity index (χ2n) is 2.71. The highest BCUT2D eigenvalue weighted by Gasteiger charge is 2.16. The van der Waals surface area contributed by atoms with Gasteiger partial charge in [0.1, 0.15) is 12.7 Å². The second kappa shape index (κ2) is 5.69. The SMILES string of the molecule is CCOC(CC)c1noc(CON)n1. The van der Waals surface area contributed by atoms with Crippen LogP contribution < -0.4 is 5.90 Å². The summed E-state index contributed by atoms with van der Waals surface area (Å²) in [5.74, 6) is 5.78. The number of hydrogen-bond acceptors (Lipinski definition) is 6. The van der Waals surface area contributed by atoms with Crippen molar-refractivity contribution in [1.82, 2.24) is 10.1 Å². The van der Waals surface area contributed by atoms with Crippen molar-refractivity contribution in [2.24, 2.45) is 5.90 Å². The zero-order chi connectivity index (χ0) is 10.4. The second-order valence-corrected chi connectivity index (χ2v) is 2.71. The minimum Gasteiger partial charge on any atom is -0.370 e. The average Bonchev–Trinajstić information content (AvgIpc) is 2.63. The molecule has 0 aliphatic heterocycles. The molecule has 1 heterocycles. The maximum absolute atomic E-state index is 5.41. The van der Waals surface area contributed by atoms with E-state index in [0.29, 0.717) is 18.3 Å². The molecule has 0 amide bonds. The Morgan fingerprint density at radius 2 is 2.29 bits per heavy atom. The Kier molecular flexibility index (Phi) is 4.51. The van der Waals surface area contributed by atoms with Crippen molar-refractivity contribution in [2.45, 2.75) is 33.0 Å². The number of rotatable bonds is 6. The Hall–Kier alpha value is -0.980. The average molecular weight is 201 g/mol. The molecule has 0 saturated heterocycles. The minimum atomic E-state index is -0.115. The summed E-state index contributed by atoms with van der Waals surface area (Å²) in [6.07, 6.45) is 0.686. The topological polar surface area (TPSA) is 83.4 Å². The van der Waals surface area contributed by atoms with Crippen LogP contribution in [0.5, 0.6) is 0 Å². The molecule has 0 radical (unpaired) electrons. The molecular formula is C8H15N3O3. The molecule has 80 valence electrons. The highest BCUT2D eigenvalue weighted by atomic mass is 16.6. The fourth-order valence-corrected chi connectivity index (χ4v) is 1.10. The van der Waals surface area contributed by atoms with Crippen molar-refractivity contribution in [2.75, 3.05) is 6.61 Å². The Morgan fingerprint density at radius 3 is 2.86 bits per heavy atom. The van der Waals surface area contributed by atoms with Crippen LogP contribution in [0.1, 0.15) is 38.1 Å². The maximum Gasteiger partial charge on any atom is 0.254 e. The normalized spacial score (nSPS) is 13.1. The summed E-state index contributed by atoms with van der Waals surface area (Å²) < 4.78 is 10.3. The lowest BCUT2D eigenvalue weighted by Gasteiger charge is -2.09. The Labute approximate surface area is 82.3 Å². The predicted molar refractivity (Wildman–Crippen MR) is 47.9 cm³/mol. The maximum atomic E-state index is 5.41. The zero-order valence-corrected chi connectivity index (χ0v) is 8.40. The number of aromatic nitrogens is 2. The van der Waals surface area contributed by atoms with E-state index in [2.05, 4.69) is 15.0 Å². The van der Waals surface area contributed by atoms with Crippen molar-refractivity contribution in [1.29, 1.82) is 0 Å². The van der Waals surface area contributed by atoms with Gasteiger partial charge in [-0.1, -0.05) is 12.1 Å². The van der Waals surface area contributed by atoms with Gasteiger partial charge in [0.2, 0.25) is 5.82 Å². The lowest BCUT2D eigenvalue weighted by molar-refractivity contribution is 0.0518. The van der Waals surface area contributed by atoms with Crippen LogP contribution >= 0.6 is 0 Å². The van der Waals surface area contributed by atoms with Crippen LogP contribution in [-0.4, -0.2) is 16.7 Å². The van der Waals surface area contributed by atoms with E-state index in [4.69, 9.17) is 15.2 Å². The van der Waals surface area contributed by atoms with Crippen LogP contribution in [0.25, 0.3) is 0 Å². The van der Waals surface area contributed by atoms with Gasteiger partial charge in [0.25, 0.3) is 5.89 Å². The van der Waals surface area contributed by atoms with E-state index in [1.165, 1.54) is 0 Å². The van der Waals surface area contributed by atoms with E-state index < -0.39 is 0 Å². The van der Waals surface area contributed by atoms with E-state index in [0.717, 1.165) is 6.42 Å². The molecule has 1 unspecified atom stereocenters. The molecule has 1 aromatic rings. The van der Waals surface area contributed by atoms with Gasteiger partial charge < -0.3 is 9.26 Å². The summed E-state index contributed by atoms with van der Waals surface area (Å²) in [4.78, 5) is 8.46. The van der Waals surface area contributed by atoms with E-state index in [1.54, 1.807) is 0 Å². The minimum absolute atomic E-state index is 0.115. The third-order valence-corrected chi connectivity index (χ3v) is 1.72. The van der Waals surface area contributed by atoms with E-state index >= 15 is 0 Å². The quantitative estimate of drug-likeness (QED) is 0.690. The fraction of sp³-hybridized carbons (Fsp3) is 0.750. The van der Waals surface area contributed by atoms with Crippen LogP contribution in [0.15, 0.2) is 4.52 Å². The van der Waals surface area contributed by atoms with Crippen molar-refractivity contribution in [3.63, 3.8) is 0 Å². The van der Waals surface area contributed by atoms with Gasteiger partial charge in [0, 0.05) is 6.61 Å². The highest BCUT2D eigenvalue weighted by Crippen LogP contribution is 2.17. The molecule has 0 aliphatic carbocycles. The molecule has 1 atom stereocenters. The summed E-state index contributed by atoms with van der Waals surface area (Å²) in [5, 5.41) is 3.78. The van der Waals surface area contributed by atoms with Gasteiger partial charge in [-0.2, -0.15) is 4.98 Å². The van der Waals surface area contributed by atoms with Crippen molar-refractivity contribution in [3.05, 3.63) is 11.7 Å². The molecule has 14 heavy (non-hydrogen) atoms. The highest BCUT2D eigenvalue weighted by molar-refractivity contribution is 4.90. The molecule has 0 bridgehead atoms. The van der Waals surface area contributed by atoms with Crippen LogP contribution in [0, 0.1) is 0 Å². The summed E-state index contributed by atoms with van der Waals surface area (Å²) >= 11 is 0. The summed E-state index contributed by atoms with van der Waals surface area (Å²) in [6.45, 7) is 4.66. The first-order chi connectivity index (χ1) is 6.81. The van der Waals surface area contributed by atoms with Gasteiger partial charge in [-0.25, -0.2) is 5.90 Å². The number of nitrogens with zero attached hydrogens (tertiary/aromatic N) is 2. The van der Waals surface area contributed by atoms with Gasteiger partial charge in [0.15, 0.2) is 0 Å². The van der Waals surface area contributed by atoms with Crippen LogP contribution in [-0.2, 0) is 16.2 Å². The van der Waals surface area contributed by atoms with Crippen molar-refractivity contribution < 1.29 is 14.1 Å². The first-order valence-corrected chi connectivity index (χ1v) is 4.57. The molecule has 0 aromatic carbocycles. The molecule has 1 aromatic heterocycles. The number of ether oxygens (including phenoxy) is 1. The van der Waals surface area contributed by atoms with Crippen LogP contribution in [0.4, 0.5) is 0 Å². The molecular weight excluding hydrogens is 186 g/mol. The van der Waals surface area contributed by atoms with Crippen molar-refractivity contribution >= 4 is 0 Å². The van der Waals surface area contributed by atoms with E-state index in [1.807, 2.05) is 13.8 Å². The lowest BCUT2D eigenvalue weighted by atomic mass is 10.2. The predicted octanol–water partition coefficient (Wildman–Crippen LogP) is 0.948. The standard InChI is InChI=1S/C8H15N3O3/c1-3-6(12-4-2)8-10-7(5-13-9)14-11-8/h6H,3-5,9H2,1-2H3. The lowest BCUT2D eigenvalue weighted by Crippen LogP contribution is -2.05. The van der Waals surface area contributed by atoms with Gasteiger partial charge in [0.05, 0.1) is 0 Å². The van der Waals surface area contributed by atoms with Gasteiger partial charge in [-0.05, 0) is 13.3 Å². The Bertz CT molecular complexity index is 264. The molecule has 2 N–H and O–H groups in total. The zero-order valence-electron chi connectivity index (χ0n) is 8.40. The van der Waals surface area contributed by atoms with Crippen LogP contribution in [0.2, 0.25) is 0 Å². The molecule has 0 saturated carbocycles. The monoisotopic (exact) mass is 201 g/mol. The summed E-state index contributed by atoms with van der Waals surface area (Å²) in [7, 11) is 0. The molecule has 6 heteroatoms.